The molecule has 1 rings (SSSR count). The number of hydrogen-bond acceptors (Lipinski definition) is 5. The predicted octanol–water partition coefficient (Wildman–Crippen LogP) is 0.768. The van der Waals surface area contributed by atoms with E-state index in [4.69, 9.17) is 0 Å². The zero-order valence-electron chi connectivity index (χ0n) is 11.7. The molecule has 1 aromatic rings. The molecule has 0 fully saturated rings. The van der Waals surface area contributed by atoms with Crippen molar-refractivity contribution in [2.75, 3.05) is 13.7 Å². The molecule has 112 valence electrons. The van der Waals surface area contributed by atoms with Gasteiger partial charge >= 0.3 is 5.97 Å². The zero-order valence-corrected chi connectivity index (χ0v) is 12.5. The maximum absolute atomic E-state index is 12.2. The van der Waals surface area contributed by atoms with E-state index in [2.05, 4.69) is 9.46 Å². The van der Waals surface area contributed by atoms with Crippen molar-refractivity contribution in [3.05, 3.63) is 29.8 Å². The van der Waals surface area contributed by atoms with Crippen LogP contribution in [0.15, 0.2) is 29.2 Å². The summed E-state index contributed by atoms with van der Waals surface area (Å²) < 4.78 is 31.2. The Balaban J connectivity index is 3.01. The van der Waals surface area contributed by atoms with Crippen LogP contribution in [0.1, 0.15) is 24.2 Å². The van der Waals surface area contributed by atoms with Gasteiger partial charge in [0.2, 0.25) is 10.0 Å². The van der Waals surface area contributed by atoms with E-state index in [-0.39, 0.29) is 22.9 Å². The van der Waals surface area contributed by atoms with Gasteiger partial charge in [-0.2, -0.15) is 0 Å². The van der Waals surface area contributed by atoms with Gasteiger partial charge in [-0.25, -0.2) is 17.9 Å². The maximum Gasteiger partial charge on any atom is 0.339 e. The molecule has 1 unspecified atom stereocenters. The molecule has 0 aliphatic rings. The summed E-state index contributed by atoms with van der Waals surface area (Å²) in [4.78, 5) is 11.4. The lowest BCUT2D eigenvalue weighted by atomic mass is 10.1. The van der Waals surface area contributed by atoms with E-state index >= 15 is 0 Å². The fraction of sp³-hybridized carbons (Fsp3) is 0.462. The number of rotatable bonds is 6. The summed E-state index contributed by atoms with van der Waals surface area (Å²) in [6.45, 7) is 3.44. The number of methoxy groups -OCH3 is 1. The highest BCUT2D eigenvalue weighted by molar-refractivity contribution is 7.89. The highest BCUT2D eigenvalue weighted by Gasteiger charge is 2.23. The van der Waals surface area contributed by atoms with Crippen LogP contribution < -0.4 is 4.72 Å². The Morgan fingerprint density at radius 2 is 1.95 bits per heavy atom. The second-order valence-electron chi connectivity index (χ2n) is 4.65. The topological polar surface area (TPSA) is 92.7 Å². The Labute approximate surface area is 118 Å². The molecule has 0 aromatic heterocycles. The van der Waals surface area contributed by atoms with Gasteiger partial charge in [-0.05, 0) is 18.1 Å². The van der Waals surface area contributed by atoms with Crippen LogP contribution >= 0.6 is 0 Å². The number of ether oxygens (including phenoxy) is 1. The molecular weight excluding hydrogens is 282 g/mol. The lowest BCUT2D eigenvalue weighted by Gasteiger charge is -2.16. The first-order valence-electron chi connectivity index (χ1n) is 6.14. The minimum Gasteiger partial charge on any atom is -0.465 e. The van der Waals surface area contributed by atoms with Crippen molar-refractivity contribution in [3.63, 3.8) is 0 Å². The van der Waals surface area contributed by atoms with Gasteiger partial charge in [0, 0.05) is 6.54 Å². The summed E-state index contributed by atoms with van der Waals surface area (Å²) in [5.41, 5.74) is -0.0402. The highest BCUT2D eigenvalue weighted by Crippen LogP contribution is 2.16. The van der Waals surface area contributed by atoms with Gasteiger partial charge in [0.15, 0.2) is 0 Å². The second kappa shape index (κ2) is 6.83. The van der Waals surface area contributed by atoms with E-state index in [9.17, 15) is 18.3 Å². The molecule has 0 bridgehead atoms. The number of carbonyl (C=O) groups excluding carboxylic acids is 1. The van der Waals surface area contributed by atoms with E-state index in [1.807, 2.05) is 0 Å². The number of esters is 1. The van der Waals surface area contributed by atoms with Crippen molar-refractivity contribution < 1.29 is 23.1 Å². The van der Waals surface area contributed by atoms with Crippen molar-refractivity contribution in [2.24, 2.45) is 5.92 Å². The highest BCUT2D eigenvalue weighted by atomic mass is 32.2. The molecule has 1 aromatic carbocycles. The third kappa shape index (κ3) is 4.03. The van der Waals surface area contributed by atoms with Crippen LogP contribution in [-0.2, 0) is 14.8 Å². The number of aliphatic hydroxyl groups is 1. The predicted molar refractivity (Wildman–Crippen MR) is 73.8 cm³/mol. The molecule has 1 atom stereocenters. The maximum atomic E-state index is 12.2. The summed E-state index contributed by atoms with van der Waals surface area (Å²) in [6, 6.07) is 5.75. The van der Waals surface area contributed by atoms with Crippen molar-refractivity contribution >= 4 is 16.0 Å². The standard InChI is InChI=1S/C13H19NO5S/c1-9(2)11(15)8-14-20(17,18)12-7-5-4-6-10(12)13(16)19-3/h4-7,9,11,14-15H,8H2,1-3H3. The second-order valence-corrected chi connectivity index (χ2v) is 6.39. The Morgan fingerprint density at radius 1 is 1.35 bits per heavy atom. The van der Waals surface area contributed by atoms with Gasteiger partial charge in [0.25, 0.3) is 0 Å². The minimum absolute atomic E-state index is 0.0402. The number of aliphatic hydroxyl groups excluding tert-OH is 1. The van der Waals surface area contributed by atoms with Gasteiger partial charge < -0.3 is 9.84 Å². The van der Waals surface area contributed by atoms with Gasteiger partial charge in [-0.15, -0.1) is 0 Å². The average Bonchev–Trinajstić information content (AvgIpc) is 2.43. The van der Waals surface area contributed by atoms with Crippen molar-refractivity contribution in [1.29, 1.82) is 0 Å². The monoisotopic (exact) mass is 301 g/mol. The third-order valence-electron chi connectivity index (χ3n) is 2.83. The molecular formula is C13H19NO5S. The third-order valence-corrected chi connectivity index (χ3v) is 4.32. The van der Waals surface area contributed by atoms with Crippen molar-refractivity contribution in [1.82, 2.24) is 4.72 Å². The lowest BCUT2D eigenvalue weighted by molar-refractivity contribution is 0.0596. The number of sulfonamides is 1. The first-order valence-corrected chi connectivity index (χ1v) is 7.63. The van der Waals surface area contributed by atoms with Crippen LogP contribution in [0.5, 0.6) is 0 Å². The van der Waals surface area contributed by atoms with E-state index in [0.29, 0.717) is 0 Å². The number of benzene rings is 1. The molecule has 0 saturated heterocycles. The largest absolute Gasteiger partial charge is 0.465 e. The molecule has 0 radical (unpaired) electrons. The fourth-order valence-corrected chi connectivity index (χ4v) is 2.73. The summed E-state index contributed by atoms with van der Waals surface area (Å²) in [5.74, 6) is -0.802. The van der Waals surface area contributed by atoms with Gasteiger partial charge in [-0.3, -0.25) is 0 Å². The first-order chi connectivity index (χ1) is 9.29. The molecule has 2 N–H and O–H groups in total. The van der Waals surface area contributed by atoms with E-state index < -0.39 is 22.1 Å². The summed E-state index contributed by atoms with van der Waals surface area (Å²) in [5, 5.41) is 9.64. The van der Waals surface area contributed by atoms with Crippen LogP contribution in [0, 0.1) is 5.92 Å². The molecule has 7 heteroatoms. The Morgan fingerprint density at radius 3 is 2.50 bits per heavy atom. The van der Waals surface area contributed by atoms with Crippen molar-refractivity contribution in [3.8, 4) is 0 Å². The zero-order chi connectivity index (χ0) is 15.3. The summed E-state index contributed by atoms with van der Waals surface area (Å²) in [6.07, 6.45) is -0.796. The Hall–Kier alpha value is -1.44. The normalized spacial score (nSPS) is 13.2. The molecule has 0 aliphatic carbocycles. The number of nitrogens with one attached hydrogen (secondary N) is 1. The minimum atomic E-state index is -3.89. The lowest BCUT2D eigenvalue weighted by Crippen LogP contribution is -2.35. The molecule has 6 nitrogen and oxygen atoms in total. The van der Waals surface area contributed by atoms with E-state index in [1.165, 1.54) is 25.3 Å². The summed E-state index contributed by atoms with van der Waals surface area (Å²) >= 11 is 0. The SMILES string of the molecule is COC(=O)c1ccccc1S(=O)(=O)NCC(O)C(C)C. The van der Waals surface area contributed by atoms with Crippen LogP contribution in [0.2, 0.25) is 0 Å². The van der Waals surface area contributed by atoms with Gasteiger partial charge in [0.05, 0.1) is 23.7 Å². The fourth-order valence-electron chi connectivity index (χ4n) is 1.49. The number of carbonyl (C=O) groups is 1. The van der Waals surface area contributed by atoms with E-state index in [0.717, 1.165) is 0 Å². The molecule has 0 heterocycles. The number of hydrogen-bond donors (Lipinski definition) is 2. The molecule has 0 spiro atoms. The van der Waals surface area contributed by atoms with Gasteiger partial charge in [-0.1, -0.05) is 26.0 Å². The van der Waals surface area contributed by atoms with Crippen LogP contribution in [-0.4, -0.2) is 39.3 Å². The smallest absolute Gasteiger partial charge is 0.339 e. The summed E-state index contributed by atoms with van der Waals surface area (Å²) in [7, 11) is -2.70. The molecule has 20 heavy (non-hydrogen) atoms. The molecule has 0 amide bonds. The quantitative estimate of drug-likeness (QED) is 0.757. The van der Waals surface area contributed by atoms with Crippen LogP contribution in [0.25, 0.3) is 0 Å². The average molecular weight is 301 g/mol. The van der Waals surface area contributed by atoms with E-state index in [1.54, 1.807) is 19.9 Å². The van der Waals surface area contributed by atoms with Crippen molar-refractivity contribution in [2.45, 2.75) is 24.8 Å². The van der Waals surface area contributed by atoms with Gasteiger partial charge in [0.1, 0.15) is 0 Å². The Bertz CT molecular complexity index is 568. The molecule has 0 saturated carbocycles. The Kier molecular flexibility index (Phi) is 5.67. The first kappa shape index (κ1) is 16.6. The van der Waals surface area contributed by atoms with Crippen LogP contribution in [0.3, 0.4) is 0 Å². The molecule has 0 aliphatic heterocycles. The van der Waals surface area contributed by atoms with Crippen LogP contribution in [0.4, 0.5) is 0 Å².